The molecule has 30 unspecified atom stereocenters. The summed E-state index contributed by atoms with van der Waals surface area (Å²) in [5.74, 6) is -2.46. The van der Waals surface area contributed by atoms with Gasteiger partial charge in [-0.25, -0.2) is 9.59 Å². The summed E-state index contributed by atoms with van der Waals surface area (Å²) >= 11 is 0. The first kappa shape index (κ1) is 66.0. The molecule has 8 fully saturated rings. The van der Waals surface area contributed by atoms with Crippen LogP contribution in [0, 0.1) is 50.2 Å². The summed E-state index contributed by atoms with van der Waals surface area (Å²) in [6.45, 7) is 16.2. The lowest BCUT2D eigenvalue weighted by atomic mass is 9.33. The maximum atomic E-state index is 13.4. The Morgan fingerprint density at radius 3 is 1.89 bits per heavy atom. The monoisotopic (exact) mass is 1200 g/mol. The van der Waals surface area contributed by atoms with E-state index in [4.69, 9.17) is 37.9 Å². The van der Waals surface area contributed by atoms with Crippen LogP contribution in [0.3, 0.4) is 0 Å². The minimum atomic E-state index is -2.31. The second kappa shape index (κ2) is 23.8. The van der Waals surface area contributed by atoms with Crippen molar-refractivity contribution < 1.29 is 124 Å². The molecule has 0 aromatic rings. The molecule has 15 N–H and O–H groups in total. The molecule has 4 saturated heterocycles. The van der Waals surface area contributed by atoms with Crippen LogP contribution in [-0.2, 0) is 47.5 Å². The summed E-state index contributed by atoms with van der Waals surface area (Å²) in [4.78, 5) is 26.2. The highest BCUT2D eigenvalue weighted by atomic mass is 16.8. The number of allylic oxidation sites excluding steroid dienone is 3. The van der Waals surface area contributed by atoms with Crippen molar-refractivity contribution in [2.24, 2.45) is 50.2 Å². The van der Waals surface area contributed by atoms with Gasteiger partial charge in [-0.2, -0.15) is 0 Å². The molecule has 25 heteroatoms. The Morgan fingerprint density at radius 1 is 0.667 bits per heavy atom. The van der Waals surface area contributed by atoms with Crippen LogP contribution in [0.15, 0.2) is 23.3 Å². The fourth-order valence-electron chi connectivity index (χ4n) is 18.0. The highest BCUT2D eigenvalue weighted by Crippen LogP contribution is 2.76. The fraction of sp³-hybridized carbons (Fsp3) is 0.898. The van der Waals surface area contributed by atoms with Crippen molar-refractivity contribution in [1.82, 2.24) is 0 Å². The van der Waals surface area contributed by atoms with Gasteiger partial charge in [0, 0.05) is 5.57 Å². The van der Waals surface area contributed by atoms with Crippen LogP contribution in [-0.4, -0.2) is 243 Å². The van der Waals surface area contributed by atoms with E-state index in [2.05, 4.69) is 47.6 Å². The minimum absolute atomic E-state index is 0.00510. The van der Waals surface area contributed by atoms with E-state index < -0.39 is 176 Å². The lowest BCUT2D eigenvalue weighted by Gasteiger charge is -2.72. The average molecular weight is 1200 g/mol. The van der Waals surface area contributed by atoms with Crippen molar-refractivity contribution in [1.29, 1.82) is 0 Å². The Labute approximate surface area is 489 Å². The molecule has 25 nitrogen and oxygen atoms in total. The molecule has 480 valence electrons. The second-order valence-corrected chi connectivity index (χ2v) is 28.2. The van der Waals surface area contributed by atoms with Gasteiger partial charge in [0.15, 0.2) is 31.3 Å². The van der Waals surface area contributed by atoms with E-state index >= 15 is 0 Å². The van der Waals surface area contributed by atoms with Crippen molar-refractivity contribution in [3.8, 4) is 0 Å². The lowest BCUT2D eigenvalue weighted by Crippen LogP contribution is -2.70. The van der Waals surface area contributed by atoms with Crippen molar-refractivity contribution in [3.63, 3.8) is 0 Å². The van der Waals surface area contributed by atoms with Gasteiger partial charge in [0.1, 0.15) is 91.6 Å². The molecule has 0 amide bonds. The summed E-state index contributed by atoms with van der Waals surface area (Å²) in [7, 11) is 0. The number of carboxylic acids is 1. The topological polar surface area (TPSA) is 411 Å². The standard InChI is InChI=1S/C59H94O25/c1-10-25(2)48(75)79-33-20-53(3,4)18-27-26-12-13-31-55(6)16-11-15-54(5,30(55)14-17-56(31,7)57(26,8)19-32(63)59(27,33)24-62)23-58(9)46(72)38(68)40(70)51(84-58)82-43-41(71)42(45(47(73)74)80-49(43)76)81-52-44(37(67)35(65)29(22-61)78-52)83-50-39(69)36(66)34(64)28(21-60)77-50/h10,12,27-46,49-52,60-72,76H,11,13-24H2,1-9H3,(H,73,74). The number of aliphatic hydroxyl groups is 14. The first-order valence-electron chi connectivity index (χ1n) is 29.9. The number of fused-ring (bicyclic) bond motifs is 7. The molecule has 5 aliphatic carbocycles. The van der Waals surface area contributed by atoms with Gasteiger partial charge < -0.3 is 114 Å². The Bertz CT molecular complexity index is 2440. The van der Waals surface area contributed by atoms with E-state index in [0.29, 0.717) is 37.7 Å². The Hall–Kier alpha value is -2.42. The van der Waals surface area contributed by atoms with Gasteiger partial charge in [0.2, 0.25) is 0 Å². The Kier molecular flexibility index (Phi) is 18.7. The zero-order valence-corrected chi connectivity index (χ0v) is 49.5. The molecule has 30 atom stereocenters. The summed E-state index contributed by atoms with van der Waals surface area (Å²) in [6.07, 6.45) is -29.5. The van der Waals surface area contributed by atoms with Crippen molar-refractivity contribution in [2.75, 3.05) is 19.8 Å². The van der Waals surface area contributed by atoms with Gasteiger partial charge in [-0.1, -0.05) is 65.7 Å². The van der Waals surface area contributed by atoms with E-state index in [-0.39, 0.29) is 47.0 Å². The summed E-state index contributed by atoms with van der Waals surface area (Å²) in [6, 6.07) is 0. The summed E-state index contributed by atoms with van der Waals surface area (Å²) in [5.41, 5.74) is -3.26. The van der Waals surface area contributed by atoms with E-state index in [0.717, 1.165) is 25.7 Å². The largest absolute Gasteiger partial charge is 0.479 e. The van der Waals surface area contributed by atoms with Crippen LogP contribution in [0.25, 0.3) is 0 Å². The van der Waals surface area contributed by atoms with Crippen molar-refractivity contribution >= 4 is 11.9 Å². The third-order valence-electron chi connectivity index (χ3n) is 22.8. The molecule has 0 aromatic carbocycles. The first-order valence-corrected chi connectivity index (χ1v) is 29.9. The van der Waals surface area contributed by atoms with Crippen molar-refractivity contribution in [3.05, 3.63) is 23.3 Å². The van der Waals surface area contributed by atoms with E-state index in [1.54, 1.807) is 26.8 Å². The lowest BCUT2D eigenvalue weighted by molar-refractivity contribution is -0.399. The molecule has 9 rings (SSSR count). The third kappa shape index (κ3) is 10.7. The van der Waals surface area contributed by atoms with Crippen LogP contribution in [0.1, 0.15) is 127 Å². The van der Waals surface area contributed by atoms with Crippen LogP contribution in [0.4, 0.5) is 0 Å². The third-order valence-corrected chi connectivity index (χ3v) is 22.8. The number of hydrogen-bond donors (Lipinski definition) is 15. The number of carbonyl (C=O) groups is 2. The molecule has 4 aliphatic heterocycles. The van der Waals surface area contributed by atoms with E-state index in [9.17, 15) is 86.2 Å². The van der Waals surface area contributed by atoms with Gasteiger partial charge in [-0.05, 0) is 123 Å². The Morgan fingerprint density at radius 2 is 1.27 bits per heavy atom. The van der Waals surface area contributed by atoms with Gasteiger partial charge >= 0.3 is 11.9 Å². The molecular weight excluding hydrogens is 1110 g/mol. The Balaban J connectivity index is 0.960. The number of esters is 1. The van der Waals surface area contributed by atoms with Crippen LogP contribution in [0.2, 0.25) is 0 Å². The highest BCUT2D eigenvalue weighted by Gasteiger charge is 2.72. The second-order valence-electron chi connectivity index (χ2n) is 28.2. The maximum absolute atomic E-state index is 13.4. The number of ether oxygens (including phenoxy) is 8. The molecule has 0 spiro atoms. The molecule has 0 bridgehead atoms. The van der Waals surface area contributed by atoms with Crippen LogP contribution in [0.5, 0.6) is 0 Å². The molecule has 4 heterocycles. The number of carbonyl (C=O) groups excluding carboxylic acids is 1. The molecule has 9 aliphatic rings. The first-order chi connectivity index (χ1) is 39.2. The summed E-state index contributed by atoms with van der Waals surface area (Å²) in [5, 5.41) is 167. The van der Waals surface area contributed by atoms with Crippen molar-refractivity contribution in [2.45, 2.75) is 261 Å². The molecular formula is C59H94O25. The molecule has 0 aromatic heterocycles. The van der Waals surface area contributed by atoms with E-state index in [1.807, 2.05) is 0 Å². The van der Waals surface area contributed by atoms with Gasteiger partial charge in [-0.15, -0.1) is 0 Å². The quantitative estimate of drug-likeness (QED) is 0.0549. The number of aliphatic carboxylic acids is 1. The van der Waals surface area contributed by atoms with E-state index in [1.165, 1.54) is 5.57 Å². The average Bonchev–Trinajstić information content (AvgIpc) is 0.693. The number of aliphatic hydroxyl groups excluding tert-OH is 14. The molecule has 4 saturated carbocycles. The molecule has 0 radical (unpaired) electrons. The van der Waals surface area contributed by atoms with Gasteiger partial charge in [-0.3, -0.25) is 0 Å². The number of hydrogen-bond acceptors (Lipinski definition) is 24. The van der Waals surface area contributed by atoms with Crippen LogP contribution >= 0.6 is 0 Å². The number of rotatable bonds is 14. The predicted molar refractivity (Wildman–Crippen MR) is 288 cm³/mol. The number of carboxylic acid groups (broad SMARTS) is 1. The highest BCUT2D eigenvalue weighted by molar-refractivity contribution is 5.87. The fourth-order valence-corrected chi connectivity index (χ4v) is 18.0. The predicted octanol–water partition coefficient (Wildman–Crippen LogP) is -1.25. The zero-order chi connectivity index (χ0) is 61.9. The van der Waals surface area contributed by atoms with Crippen LogP contribution < -0.4 is 0 Å². The zero-order valence-electron chi connectivity index (χ0n) is 49.5. The maximum Gasteiger partial charge on any atom is 0.335 e. The smallest absolute Gasteiger partial charge is 0.335 e. The normalized spacial score (nSPS) is 53.1. The minimum Gasteiger partial charge on any atom is -0.479 e. The SMILES string of the molecule is CC=C(C)C(=O)OC1CC(C)(C)CC2C3=CCC4C5(C)CCCC(C)(CC6(C)OC(OC7C(O)OC(C(=O)O)C(OC8OC(CO)C(O)C(O)C8OC8OC(CO)C(O)C(O)C8O)C7O)C(O)C(O)C6O)C5CCC4(C)C3(C)CC(O)C12CO. The molecule has 84 heavy (non-hydrogen) atoms. The van der Waals surface area contributed by atoms with Gasteiger partial charge in [0.25, 0.3) is 0 Å². The van der Waals surface area contributed by atoms with Gasteiger partial charge in [0.05, 0.1) is 36.9 Å². The summed E-state index contributed by atoms with van der Waals surface area (Å²) < 4.78 is 47.1.